The summed E-state index contributed by atoms with van der Waals surface area (Å²) < 4.78 is 27.0. The maximum Gasteiger partial charge on any atom is 0.240 e. The number of ether oxygens (including phenoxy) is 4. The summed E-state index contributed by atoms with van der Waals surface area (Å²) in [7, 11) is 0. The van der Waals surface area contributed by atoms with Gasteiger partial charge in [0, 0.05) is 0 Å². The average molecular weight is 553 g/mol. The first-order valence-electron chi connectivity index (χ1n) is 13.5. The number of anilines is 1. The van der Waals surface area contributed by atoms with Crippen molar-refractivity contribution in [2.24, 2.45) is 0 Å². The first kappa shape index (κ1) is 27.1. The third kappa shape index (κ3) is 5.85. The molecule has 1 fully saturated rings. The van der Waals surface area contributed by atoms with Gasteiger partial charge in [0.2, 0.25) is 5.79 Å². The van der Waals surface area contributed by atoms with Crippen LogP contribution in [0.5, 0.6) is 0 Å². The number of rotatable bonds is 11. The highest BCUT2D eigenvalue weighted by atomic mass is 16.7. The number of nitrogens with two attached hydrogens (primary N) is 1. The van der Waals surface area contributed by atoms with Crippen molar-refractivity contribution in [1.82, 2.24) is 14.6 Å². The minimum atomic E-state index is -1.93. The number of aromatic nitrogens is 3. The molecule has 9 nitrogen and oxygen atoms in total. The minimum absolute atomic E-state index is 0.169. The summed E-state index contributed by atoms with van der Waals surface area (Å²) in [6.07, 6.45) is -0.915. The van der Waals surface area contributed by atoms with Gasteiger partial charge in [-0.05, 0) is 28.8 Å². The Morgan fingerprint density at radius 2 is 1.37 bits per heavy atom. The van der Waals surface area contributed by atoms with Gasteiger partial charge in [-0.2, -0.15) is 5.10 Å². The summed E-state index contributed by atoms with van der Waals surface area (Å²) in [6, 6.07) is 33.0. The summed E-state index contributed by atoms with van der Waals surface area (Å²) in [5.41, 5.74) is 9.98. The van der Waals surface area contributed by atoms with Crippen molar-refractivity contribution in [3.63, 3.8) is 0 Å². The minimum Gasteiger partial charge on any atom is -0.382 e. The van der Waals surface area contributed by atoms with Crippen LogP contribution in [0.15, 0.2) is 109 Å². The lowest BCUT2D eigenvalue weighted by Crippen LogP contribution is -2.45. The van der Waals surface area contributed by atoms with Gasteiger partial charge in [0.05, 0.1) is 26.4 Å². The lowest BCUT2D eigenvalue weighted by atomic mass is 10.0. The van der Waals surface area contributed by atoms with Crippen LogP contribution in [0.1, 0.15) is 22.4 Å². The van der Waals surface area contributed by atoms with Crippen molar-refractivity contribution in [2.75, 3.05) is 12.3 Å². The van der Waals surface area contributed by atoms with Gasteiger partial charge < -0.3 is 29.8 Å². The molecule has 41 heavy (non-hydrogen) atoms. The number of benzene rings is 3. The third-order valence-corrected chi connectivity index (χ3v) is 7.18. The van der Waals surface area contributed by atoms with Gasteiger partial charge in [0.25, 0.3) is 0 Å². The summed E-state index contributed by atoms with van der Waals surface area (Å²) >= 11 is 0. The molecule has 0 aliphatic carbocycles. The second-order valence-corrected chi connectivity index (χ2v) is 9.99. The van der Waals surface area contributed by atoms with E-state index in [9.17, 15) is 5.11 Å². The van der Waals surface area contributed by atoms with Crippen LogP contribution in [0.3, 0.4) is 0 Å². The van der Waals surface area contributed by atoms with Crippen LogP contribution in [0.2, 0.25) is 0 Å². The van der Waals surface area contributed by atoms with E-state index in [0.29, 0.717) is 24.4 Å². The van der Waals surface area contributed by atoms with Gasteiger partial charge in [-0.1, -0.05) is 91.0 Å². The van der Waals surface area contributed by atoms with E-state index < -0.39 is 24.1 Å². The van der Waals surface area contributed by atoms with E-state index in [-0.39, 0.29) is 19.0 Å². The van der Waals surface area contributed by atoms with Crippen molar-refractivity contribution < 1.29 is 24.1 Å². The normalized spacial score (nSPS) is 22.3. The Morgan fingerprint density at radius 3 is 2.00 bits per heavy atom. The predicted molar refractivity (Wildman–Crippen MR) is 152 cm³/mol. The molecule has 0 saturated carbocycles. The molecule has 0 amide bonds. The molecule has 0 bridgehead atoms. The van der Waals surface area contributed by atoms with Crippen LogP contribution in [-0.4, -0.2) is 44.6 Å². The van der Waals surface area contributed by atoms with Gasteiger partial charge in [-0.15, -0.1) is 0 Å². The van der Waals surface area contributed by atoms with E-state index in [0.717, 1.165) is 16.7 Å². The summed E-state index contributed by atoms with van der Waals surface area (Å²) in [5, 5.41) is 16.7. The van der Waals surface area contributed by atoms with Crippen LogP contribution in [0, 0.1) is 0 Å². The summed E-state index contributed by atoms with van der Waals surface area (Å²) in [5.74, 6) is -1.64. The average Bonchev–Trinajstić information content (AvgIpc) is 3.57. The summed E-state index contributed by atoms with van der Waals surface area (Å²) in [4.78, 5) is 4.07. The van der Waals surface area contributed by atoms with E-state index in [2.05, 4.69) is 10.1 Å². The van der Waals surface area contributed by atoms with Crippen molar-refractivity contribution in [1.29, 1.82) is 0 Å². The number of hydrogen-bond donors (Lipinski definition) is 2. The fourth-order valence-corrected chi connectivity index (χ4v) is 5.14. The molecule has 3 N–H and O–H groups in total. The Balaban J connectivity index is 1.33. The zero-order valence-electron chi connectivity index (χ0n) is 22.5. The third-order valence-electron chi connectivity index (χ3n) is 7.18. The number of fused-ring (bicyclic) bond motifs is 1. The van der Waals surface area contributed by atoms with Crippen LogP contribution in [-0.2, 0) is 44.6 Å². The van der Waals surface area contributed by atoms with E-state index in [1.165, 1.54) is 10.8 Å². The molecule has 3 aromatic carbocycles. The van der Waals surface area contributed by atoms with Crippen LogP contribution < -0.4 is 5.73 Å². The van der Waals surface area contributed by atoms with E-state index in [4.69, 9.17) is 24.7 Å². The standard InChI is InChI=1S/C32H32N4O5/c33-31-26-16-17-28(36(26)35-22-34-31)32(37)30(40-20-25-14-8-3-9-15-25)29(39-19-24-12-6-2-7-13-24)27(41-32)21-38-18-23-10-4-1-5-11-23/h1-17,22,27,29-30,37H,18-21H2,(H2,33,34,35)/t27?,29-,30-,32?/m1/s1. The molecular weight excluding hydrogens is 520 g/mol. The Bertz CT molecular complexity index is 1550. The number of nitrogen functional groups attached to an aromatic ring is 1. The van der Waals surface area contributed by atoms with Crippen molar-refractivity contribution in [3.05, 3.63) is 132 Å². The number of hydrogen-bond acceptors (Lipinski definition) is 8. The highest BCUT2D eigenvalue weighted by Gasteiger charge is 2.58. The Labute approximate surface area is 238 Å². The maximum absolute atomic E-state index is 12.3. The zero-order valence-corrected chi connectivity index (χ0v) is 22.5. The Kier molecular flexibility index (Phi) is 8.04. The second-order valence-electron chi connectivity index (χ2n) is 9.99. The zero-order chi connectivity index (χ0) is 28.1. The SMILES string of the molecule is Nc1ncnn2c(C3(O)OC(COCc4ccccc4)[C@@H](OCc4ccccc4)[C@H]3OCc3ccccc3)ccc12. The monoisotopic (exact) mass is 552 g/mol. The first-order chi connectivity index (χ1) is 20.1. The van der Waals surface area contributed by atoms with Crippen molar-refractivity contribution >= 4 is 11.3 Å². The molecule has 4 atom stereocenters. The van der Waals surface area contributed by atoms with E-state index >= 15 is 0 Å². The van der Waals surface area contributed by atoms with Crippen LogP contribution in [0.25, 0.3) is 5.52 Å². The highest BCUT2D eigenvalue weighted by Crippen LogP contribution is 2.42. The van der Waals surface area contributed by atoms with Crippen molar-refractivity contribution in [2.45, 2.75) is 43.9 Å². The maximum atomic E-state index is 12.3. The molecule has 1 aliphatic heterocycles. The molecule has 2 unspecified atom stereocenters. The highest BCUT2D eigenvalue weighted by molar-refractivity contribution is 5.65. The van der Waals surface area contributed by atoms with Gasteiger partial charge >= 0.3 is 0 Å². The van der Waals surface area contributed by atoms with Gasteiger partial charge in [0.1, 0.15) is 35.8 Å². The molecule has 210 valence electrons. The largest absolute Gasteiger partial charge is 0.382 e. The quantitative estimate of drug-likeness (QED) is 0.250. The van der Waals surface area contributed by atoms with E-state index in [1.54, 1.807) is 12.1 Å². The topological polar surface area (TPSA) is 113 Å². The van der Waals surface area contributed by atoms with Crippen LogP contribution in [0.4, 0.5) is 5.82 Å². The van der Waals surface area contributed by atoms with E-state index in [1.807, 2.05) is 91.0 Å². The molecule has 1 saturated heterocycles. The predicted octanol–water partition coefficient (Wildman–Crippen LogP) is 4.24. The smallest absolute Gasteiger partial charge is 0.240 e. The molecule has 1 aliphatic rings. The molecule has 2 aromatic heterocycles. The molecule has 0 radical (unpaired) electrons. The lowest BCUT2D eigenvalue weighted by molar-refractivity contribution is -0.255. The lowest BCUT2D eigenvalue weighted by Gasteiger charge is -2.30. The van der Waals surface area contributed by atoms with Gasteiger partial charge in [-0.25, -0.2) is 9.50 Å². The summed E-state index contributed by atoms with van der Waals surface area (Å²) in [6.45, 7) is 1.09. The molecule has 6 rings (SSSR count). The van der Waals surface area contributed by atoms with Gasteiger partial charge in [-0.3, -0.25) is 0 Å². The first-order valence-corrected chi connectivity index (χ1v) is 13.5. The molecule has 9 heteroatoms. The number of aliphatic hydroxyl groups is 1. The fraction of sp³-hybridized carbons (Fsp3) is 0.250. The van der Waals surface area contributed by atoms with Crippen LogP contribution >= 0.6 is 0 Å². The number of nitrogens with zero attached hydrogens (tertiary/aromatic N) is 3. The van der Waals surface area contributed by atoms with Gasteiger partial charge in [0.15, 0.2) is 5.82 Å². The second kappa shape index (κ2) is 12.2. The fourth-order valence-electron chi connectivity index (χ4n) is 5.14. The molecule has 0 spiro atoms. The molecule has 3 heterocycles. The van der Waals surface area contributed by atoms with Crippen molar-refractivity contribution in [3.8, 4) is 0 Å². The Hall–Kier alpha value is -4.12. The molecule has 5 aromatic rings. The Morgan fingerprint density at radius 1 is 0.780 bits per heavy atom. The molecular formula is C32H32N4O5.